The maximum Gasteiger partial charge on any atom is 0.335 e. The number of hydrogen-bond donors (Lipinski definition) is 2. The molecule has 7 heteroatoms. The Hall–Kier alpha value is -2.41. The second kappa shape index (κ2) is 7.92. The van der Waals surface area contributed by atoms with Crippen LogP contribution in [-0.2, 0) is 16.1 Å². The van der Waals surface area contributed by atoms with E-state index in [9.17, 15) is 14.4 Å². The molecule has 0 spiro atoms. The van der Waals surface area contributed by atoms with E-state index in [1.165, 1.54) is 6.92 Å². The molecular formula is C17H23N3O4. The van der Waals surface area contributed by atoms with Crippen LogP contribution in [0.3, 0.4) is 0 Å². The highest BCUT2D eigenvalue weighted by atomic mass is 16.4. The van der Waals surface area contributed by atoms with Crippen LogP contribution < -0.4 is 5.32 Å². The number of nitrogens with zero attached hydrogens (tertiary/aromatic N) is 2. The molecule has 0 aliphatic carbocycles. The molecule has 0 saturated carbocycles. The van der Waals surface area contributed by atoms with E-state index in [2.05, 4.69) is 10.2 Å². The molecule has 2 N–H and O–H groups in total. The maximum absolute atomic E-state index is 12.1. The Morgan fingerprint density at radius 1 is 1.25 bits per heavy atom. The smallest absolute Gasteiger partial charge is 0.335 e. The maximum atomic E-state index is 12.1. The number of aromatic carboxylic acids is 1. The molecule has 1 heterocycles. The Balaban J connectivity index is 2.14. The minimum atomic E-state index is -0.960. The fraction of sp³-hybridized carbons (Fsp3) is 0.471. The van der Waals surface area contributed by atoms with Gasteiger partial charge in [-0.1, -0.05) is 12.1 Å². The second-order valence-corrected chi connectivity index (χ2v) is 6.02. The lowest BCUT2D eigenvalue weighted by atomic mass is 10.1. The molecule has 0 radical (unpaired) electrons. The van der Waals surface area contributed by atoms with Gasteiger partial charge < -0.3 is 15.3 Å². The zero-order valence-electron chi connectivity index (χ0n) is 14.0. The van der Waals surface area contributed by atoms with E-state index in [0.717, 1.165) is 5.56 Å². The molecule has 1 aliphatic heterocycles. The van der Waals surface area contributed by atoms with Crippen LogP contribution in [0.25, 0.3) is 0 Å². The Labute approximate surface area is 141 Å². The Morgan fingerprint density at radius 3 is 2.62 bits per heavy atom. The van der Waals surface area contributed by atoms with Crippen molar-refractivity contribution in [2.75, 3.05) is 33.2 Å². The lowest BCUT2D eigenvalue weighted by molar-refractivity contribution is -0.130. The zero-order valence-corrected chi connectivity index (χ0v) is 14.0. The first-order chi connectivity index (χ1) is 11.4. The standard InChI is InChI=1S/C17H23N3O4/c1-12(21)20-7-6-19(10-15(11-20)16(22)18-2)9-13-4-3-5-14(8-13)17(23)24/h3-5,8,15H,6-7,9-11H2,1-2H3,(H,18,22)(H,23,24)/t15-/m1/s1. The molecule has 2 amide bonds. The SMILES string of the molecule is CNC(=O)[C@@H]1CN(Cc2cccc(C(=O)O)c2)CCN(C(C)=O)C1. The highest BCUT2D eigenvalue weighted by molar-refractivity contribution is 5.87. The minimum absolute atomic E-state index is 0.0429. The van der Waals surface area contributed by atoms with Gasteiger partial charge in [0.1, 0.15) is 0 Å². The van der Waals surface area contributed by atoms with Gasteiger partial charge in [-0.25, -0.2) is 4.79 Å². The van der Waals surface area contributed by atoms with Crippen LogP contribution in [0, 0.1) is 5.92 Å². The number of hydrogen-bond acceptors (Lipinski definition) is 4. The van der Waals surface area contributed by atoms with E-state index in [4.69, 9.17) is 5.11 Å². The van der Waals surface area contributed by atoms with Gasteiger partial charge in [0.25, 0.3) is 0 Å². The van der Waals surface area contributed by atoms with Gasteiger partial charge in [0.2, 0.25) is 11.8 Å². The third-order valence-corrected chi connectivity index (χ3v) is 4.25. The summed E-state index contributed by atoms with van der Waals surface area (Å²) in [6.07, 6.45) is 0. The first kappa shape index (κ1) is 17.9. The first-order valence-corrected chi connectivity index (χ1v) is 7.92. The molecule has 1 aliphatic rings. The topological polar surface area (TPSA) is 89.9 Å². The largest absolute Gasteiger partial charge is 0.478 e. The molecule has 1 fully saturated rings. The molecule has 1 aromatic carbocycles. The summed E-state index contributed by atoms with van der Waals surface area (Å²) in [5, 5.41) is 11.7. The molecule has 24 heavy (non-hydrogen) atoms. The van der Waals surface area contributed by atoms with Gasteiger partial charge in [0.05, 0.1) is 11.5 Å². The summed E-state index contributed by atoms with van der Waals surface area (Å²) in [5.74, 6) is -1.39. The van der Waals surface area contributed by atoms with Gasteiger partial charge in [-0.15, -0.1) is 0 Å². The first-order valence-electron chi connectivity index (χ1n) is 7.92. The Bertz CT molecular complexity index is 632. The summed E-state index contributed by atoms with van der Waals surface area (Å²) in [6.45, 7) is 4.18. The van der Waals surface area contributed by atoms with E-state index < -0.39 is 5.97 Å². The quantitative estimate of drug-likeness (QED) is 0.833. The summed E-state index contributed by atoms with van der Waals surface area (Å²) < 4.78 is 0. The van der Waals surface area contributed by atoms with Gasteiger partial charge in [0.15, 0.2) is 0 Å². The molecule has 2 rings (SSSR count). The number of carbonyl (C=O) groups excluding carboxylic acids is 2. The molecule has 0 bridgehead atoms. The molecule has 1 aromatic rings. The number of carbonyl (C=O) groups is 3. The van der Waals surface area contributed by atoms with Gasteiger partial charge in [-0.3, -0.25) is 14.5 Å². The fourth-order valence-electron chi connectivity index (χ4n) is 2.94. The highest BCUT2D eigenvalue weighted by Crippen LogP contribution is 2.15. The van der Waals surface area contributed by atoms with Crippen LogP contribution in [0.4, 0.5) is 0 Å². The van der Waals surface area contributed by atoms with Crippen molar-refractivity contribution in [3.8, 4) is 0 Å². The normalized spacial score (nSPS) is 18.8. The predicted octanol–water partition coefficient (Wildman–Crippen LogP) is 0.411. The minimum Gasteiger partial charge on any atom is -0.478 e. The summed E-state index contributed by atoms with van der Waals surface area (Å²) in [7, 11) is 1.59. The monoisotopic (exact) mass is 333 g/mol. The van der Waals surface area contributed by atoms with Crippen molar-refractivity contribution in [1.82, 2.24) is 15.1 Å². The van der Waals surface area contributed by atoms with Crippen LogP contribution in [0.5, 0.6) is 0 Å². The van der Waals surface area contributed by atoms with E-state index in [1.807, 2.05) is 6.07 Å². The number of benzene rings is 1. The van der Waals surface area contributed by atoms with Crippen molar-refractivity contribution in [2.45, 2.75) is 13.5 Å². The third kappa shape index (κ3) is 4.55. The van der Waals surface area contributed by atoms with Crippen LogP contribution in [0.1, 0.15) is 22.8 Å². The summed E-state index contributed by atoms with van der Waals surface area (Å²) in [5.41, 5.74) is 1.12. The van der Waals surface area contributed by atoms with Crippen molar-refractivity contribution >= 4 is 17.8 Å². The summed E-state index contributed by atoms with van der Waals surface area (Å²) in [6, 6.07) is 6.79. The molecular weight excluding hydrogens is 310 g/mol. The van der Waals surface area contributed by atoms with Crippen molar-refractivity contribution in [3.63, 3.8) is 0 Å². The predicted molar refractivity (Wildman–Crippen MR) is 88.5 cm³/mol. The molecule has 1 atom stereocenters. The highest BCUT2D eigenvalue weighted by Gasteiger charge is 2.28. The van der Waals surface area contributed by atoms with Crippen molar-refractivity contribution in [2.24, 2.45) is 5.92 Å². The van der Waals surface area contributed by atoms with E-state index in [1.54, 1.807) is 30.1 Å². The van der Waals surface area contributed by atoms with Crippen molar-refractivity contribution < 1.29 is 19.5 Å². The molecule has 0 unspecified atom stereocenters. The molecule has 1 saturated heterocycles. The van der Waals surface area contributed by atoms with Crippen LogP contribution in [0.2, 0.25) is 0 Å². The van der Waals surface area contributed by atoms with Crippen molar-refractivity contribution in [3.05, 3.63) is 35.4 Å². The van der Waals surface area contributed by atoms with Gasteiger partial charge in [-0.05, 0) is 17.7 Å². The molecule has 7 nitrogen and oxygen atoms in total. The van der Waals surface area contributed by atoms with Crippen molar-refractivity contribution in [1.29, 1.82) is 0 Å². The van der Waals surface area contributed by atoms with Crippen LogP contribution >= 0.6 is 0 Å². The lowest BCUT2D eigenvalue weighted by Crippen LogP contribution is -2.40. The number of carboxylic acid groups (broad SMARTS) is 1. The summed E-state index contributed by atoms with van der Waals surface area (Å²) in [4.78, 5) is 38.6. The summed E-state index contributed by atoms with van der Waals surface area (Å²) >= 11 is 0. The third-order valence-electron chi connectivity index (χ3n) is 4.25. The van der Waals surface area contributed by atoms with E-state index in [-0.39, 0.29) is 23.3 Å². The zero-order chi connectivity index (χ0) is 17.7. The Kier molecular flexibility index (Phi) is 5.92. The lowest BCUT2D eigenvalue weighted by Gasteiger charge is -2.23. The van der Waals surface area contributed by atoms with Crippen LogP contribution in [-0.4, -0.2) is 65.9 Å². The second-order valence-electron chi connectivity index (χ2n) is 6.02. The Morgan fingerprint density at radius 2 is 2.00 bits per heavy atom. The molecule has 130 valence electrons. The number of nitrogens with one attached hydrogen (secondary N) is 1. The average molecular weight is 333 g/mol. The number of carboxylic acids is 1. The van der Waals surface area contributed by atoms with E-state index in [0.29, 0.717) is 32.7 Å². The molecule has 0 aromatic heterocycles. The number of rotatable bonds is 4. The number of amides is 2. The van der Waals surface area contributed by atoms with Crippen LogP contribution in [0.15, 0.2) is 24.3 Å². The van der Waals surface area contributed by atoms with Gasteiger partial charge in [0, 0.05) is 46.7 Å². The van der Waals surface area contributed by atoms with Gasteiger partial charge in [-0.2, -0.15) is 0 Å². The fourth-order valence-corrected chi connectivity index (χ4v) is 2.94. The average Bonchev–Trinajstić information content (AvgIpc) is 2.77. The van der Waals surface area contributed by atoms with E-state index >= 15 is 0 Å². The van der Waals surface area contributed by atoms with Gasteiger partial charge >= 0.3 is 5.97 Å².